The van der Waals surface area contributed by atoms with Crippen LogP contribution in [0.2, 0.25) is 0 Å². The minimum absolute atomic E-state index is 0.204. The average Bonchev–Trinajstić information content (AvgIpc) is 2.82. The fourth-order valence-electron chi connectivity index (χ4n) is 1.50. The summed E-state index contributed by atoms with van der Waals surface area (Å²) >= 11 is 0. The molecule has 2 rings (SSSR count). The van der Waals surface area contributed by atoms with Crippen LogP contribution in [0.5, 0.6) is 0 Å². The Labute approximate surface area is 99.0 Å². The van der Waals surface area contributed by atoms with E-state index in [2.05, 4.69) is 32.7 Å². The van der Waals surface area contributed by atoms with Crippen LogP contribution in [0.25, 0.3) is 0 Å². The molecule has 0 saturated heterocycles. The van der Waals surface area contributed by atoms with Gasteiger partial charge in [-0.3, -0.25) is 10.1 Å². The van der Waals surface area contributed by atoms with Crippen molar-refractivity contribution in [2.75, 3.05) is 10.7 Å². The monoisotopic (exact) mass is 233 g/mol. The van der Waals surface area contributed by atoms with Crippen LogP contribution in [0.15, 0.2) is 30.7 Å². The molecule has 1 unspecified atom stereocenters. The Bertz CT molecular complexity index is 453. The van der Waals surface area contributed by atoms with Gasteiger partial charge in [-0.2, -0.15) is 10.1 Å². The molecule has 0 fully saturated rings. The summed E-state index contributed by atoms with van der Waals surface area (Å²) in [6.45, 7) is 2.82. The van der Waals surface area contributed by atoms with Crippen LogP contribution in [0.3, 0.4) is 0 Å². The highest BCUT2D eigenvalue weighted by Crippen LogP contribution is 2.06. The number of nitrogens with one attached hydrogen (secondary N) is 2. The van der Waals surface area contributed by atoms with Gasteiger partial charge in [0.05, 0.1) is 6.54 Å². The molecule has 0 aliphatic heterocycles. The van der Waals surface area contributed by atoms with Gasteiger partial charge in [0.1, 0.15) is 5.82 Å². The van der Waals surface area contributed by atoms with Crippen LogP contribution < -0.4 is 16.6 Å². The van der Waals surface area contributed by atoms with Gasteiger partial charge in [0, 0.05) is 24.6 Å². The molecule has 0 amide bonds. The summed E-state index contributed by atoms with van der Waals surface area (Å²) in [7, 11) is 0. The minimum Gasteiger partial charge on any atom is -0.366 e. The van der Waals surface area contributed by atoms with Crippen LogP contribution in [0, 0.1) is 0 Å². The van der Waals surface area contributed by atoms with Gasteiger partial charge in [-0.25, -0.2) is 10.8 Å². The molecular weight excluding hydrogens is 218 g/mol. The van der Waals surface area contributed by atoms with Gasteiger partial charge in [-0.05, 0) is 19.1 Å². The zero-order chi connectivity index (χ0) is 12.1. The van der Waals surface area contributed by atoms with E-state index >= 15 is 0 Å². The lowest BCUT2D eigenvalue weighted by atomic mass is 10.3. The number of aromatic nitrogens is 4. The van der Waals surface area contributed by atoms with Crippen LogP contribution in [0.4, 0.5) is 11.8 Å². The third-order valence-corrected chi connectivity index (χ3v) is 2.20. The summed E-state index contributed by atoms with van der Waals surface area (Å²) in [4.78, 5) is 8.11. The third-order valence-electron chi connectivity index (χ3n) is 2.20. The number of hydrazine groups is 1. The lowest BCUT2D eigenvalue weighted by Crippen LogP contribution is -2.23. The second kappa shape index (κ2) is 5.26. The van der Waals surface area contributed by atoms with E-state index in [9.17, 15) is 0 Å². The highest BCUT2D eigenvalue weighted by molar-refractivity contribution is 5.39. The van der Waals surface area contributed by atoms with Crippen LogP contribution in [0.1, 0.15) is 6.92 Å². The van der Waals surface area contributed by atoms with Gasteiger partial charge in [0.2, 0.25) is 5.95 Å². The molecule has 0 radical (unpaired) electrons. The second-order valence-electron chi connectivity index (χ2n) is 3.68. The Morgan fingerprint density at radius 3 is 3.06 bits per heavy atom. The topological polar surface area (TPSA) is 93.7 Å². The quantitative estimate of drug-likeness (QED) is 0.513. The Kier molecular flexibility index (Phi) is 3.51. The maximum absolute atomic E-state index is 5.24. The average molecular weight is 233 g/mol. The van der Waals surface area contributed by atoms with Crippen LogP contribution in [-0.2, 0) is 6.54 Å². The number of anilines is 2. The molecule has 0 aromatic carbocycles. The van der Waals surface area contributed by atoms with Crippen molar-refractivity contribution in [3.8, 4) is 0 Å². The number of hydrogen-bond donors (Lipinski definition) is 3. The predicted octanol–water partition coefficient (Wildman–Crippen LogP) is 0.459. The van der Waals surface area contributed by atoms with Crippen molar-refractivity contribution in [3.05, 3.63) is 30.7 Å². The first-order valence-electron chi connectivity index (χ1n) is 5.31. The Morgan fingerprint density at radius 2 is 2.35 bits per heavy atom. The van der Waals surface area contributed by atoms with Crippen molar-refractivity contribution in [3.63, 3.8) is 0 Å². The number of nitrogens with two attached hydrogens (primary N) is 1. The van der Waals surface area contributed by atoms with E-state index in [1.165, 1.54) is 0 Å². The minimum atomic E-state index is 0.204. The maximum Gasteiger partial charge on any atom is 0.239 e. The van der Waals surface area contributed by atoms with Crippen molar-refractivity contribution in [2.45, 2.75) is 19.5 Å². The van der Waals surface area contributed by atoms with Crippen molar-refractivity contribution in [1.29, 1.82) is 0 Å². The Morgan fingerprint density at radius 1 is 1.47 bits per heavy atom. The van der Waals surface area contributed by atoms with Crippen LogP contribution >= 0.6 is 0 Å². The van der Waals surface area contributed by atoms with Gasteiger partial charge < -0.3 is 5.32 Å². The molecular formula is C10H15N7. The fourth-order valence-corrected chi connectivity index (χ4v) is 1.50. The summed E-state index contributed by atoms with van der Waals surface area (Å²) in [5, 5.41) is 7.39. The third kappa shape index (κ3) is 3.15. The maximum atomic E-state index is 5.24. The van der Waals surface area contributed by atoms with E-state index in [-0.39, 0.29) is 6.04 Å². The summed E-state index contributed by atoms with van der Waals surface area (Å²) in [5.74, 6) is 6.36. The fraction of sp³-hybridized carbons (Fsp3) is 0.300. The summed E-state index contributed by atoms with van der Waals surface area (Å²) < 4.78 is 1.86. The van der Waals surface area contributed by atoms with E-state index in [1.54, 1.807) is 18.5 Å². The van der Waals surface area contributed by atoms with Gasteiger partial charge in [-0.1, -0.05) is 0 Å². The van der Waals surface area contributed by atoms with Crippen molar-refractivity contribution in [2.24, 2.45) is 5.84 Å². The molecule has 1 atom stereocenters. The van der Waals surface area contributed by atoms with Gasteiger partial charge >= 0.3 is 0 Å². The van der Waals surface area contributed by atoms with Crippen LogP contribution in [-0.4, -0.2) is 25.8 Å². The van der Waals surface area contributed by atoms with E-state index in [4.69, 9.17) is 5.84 Å². The van der Waals surface area contributed by atoms with E-state index < -0.39 is 0 Å². The molecule has 2 aromatic heterocycles. The highest BCUT2D eigenvalue weighted by atomic mass is 15.3. The first-order valence-corrected chi connectivity index (χ1v) is 5.31. The molecule has 4 N–H and O–H groups in total. The van der Waals surface area contributed by atoms with E-state index in [1.807, 2.05) is 16.9 Å². The highest BCUT2D eigenvalue weighted by Gasteiger charge is 2.04. The lowest BCUT2D eigenvalue weighted by Gasteiger charge is -2.14. The molecule has 2 aromatic rings. The normalized spacial score (nSPS) is 12.1. The van der Waals surface area contributed by atoms with E-state index in [0.29, 0.717) is 5.95 Å². The smallest absolute Gasteiger partial charge is 0.239 e. The molecule has 7 heteroatoms. The summed E-state index contributed by atoms with van der Waals surface area (Å²) in [6.07, 6.45) is 5.32. The molecule has 2 heterocycles. The molecule has 17 heavy (non-hydrogen) atoms. The standard InChI is InChI=1S/C10H15N7/c1-8(7-17-6-2-4-13-17)14-9-3-5-12-10(15-9)16-11/h2-6,8H,7,11H2,1H3,(H2,12,14,15,16). The molecule has 0 spiro atoms. The van der Waals surface area contributed by atoms with Gasteiger partial charge in [-0.15, -0.1) is 0 Å². The zero-order valence-corrected chi connectivity index (χ0v) is 9.54. The first-order chi connectivity index (χ1) is 8.28. The number of nitrogens with zero attached hydrogens (tertiary/aromatic N) is 4. The molecule has 7 nitrogen and oxygen atoms in total. The number of hydrogen-bond acceptors (Lipinski definition) is 6. The predicted molar refractivity (Wildman–Crippen MR) is 65.2 cm³/mol. The molecule has 0 aliphatic rings. The number of nitrogen functional groups attached to an aromatic ring is 1. The summed E-state index contributed by atoms with van der Waals surface area (Å²) in [6, 6.07) is 3.89. The van der Waals surface area contributed by atoms with Crippen molar-refractivity contribution >= 4 is 11.8 Å². The Balaban J connectivity index is 1.95. The first kappa shape index (κ1) is 11.3. The molecule has 90 valence electrons. The van der Waals surface area contributed by atoms with Gasteiger partial charge in [0.15, 0.2) is 0 Å². The number of rotatable bonds is 5. The zero-order valence-electron chi connectivity index (χ0n) is 9.54. The lowest BCUT2D eigenvalue weighted by molar-refractivity contribution is 0.559. The summed E-state index contributed by atoms with van der Waals surface area (Å²) in [5.41, 5.74) is 2.41. The SMILES string of the molecule is CC(Cn1cccn1)Nc1ccnc(NN)n1. The van der Waals surface area contributed by atoms with Gasteiger partial charge in [0.25, 0.3) is 0 Å². The second-order valence-corrected chi connectivity index (χ2v) is 3.68. The largest absolute Gasteiger partial charge is 0.366 e. The Hall–Kier alpha value is -2.15. The van der Waals surface area contributed by atoms with E-state index in [0.717, 1.165) is 12.4 Å². The van der Waals surface area contributed by atoms with Crippen molar-refractivity contribution in [1.82, 2.24) is 19.7 Å². The molecule has 0 bridgehead atoms. The van der Waals surface area contributed by atoms with Crippen molar-refractivity contribution < 1.29 is 0 Å². The molecule has 0 aliphatic carbocycles. The molecule has 0 saturated carbocycles.